The predicted molar refractivity (Wildman–Crippen MR) is 123 cm³/mol. The van der Waals surface area contributed by atoms with Crippen molar-refractivity contribution in [3.63, 3.8) is 0 Å². The molecule has 1 aliphatic heterocycles. The fourth-order valence-electron chi connectivity index (χ4n) is 4.67. The van der Waals surface area contributed by atoms with E-state index in [1.165, 1.54) is 0 Å². The lowest BCUT2D eigenvalue weighted by Gasteiger charge is -2.25. The summed E-state index contributed by atoms with van der Waals surface area (Å²) in [6.45, 7) is 5.11. The van der Waals surface area contributed by atoms with Gasteiger partial charge < -0.3 is 14.6 Å². The molecule has 0 aliphatic carbocycles. The van der Waals surface area contributed by atoms with Crippen LogP contribution in [0.25, 0.3) is 10.8 Å². The van der Waals surface area contributed by atoms with Crippen LogP contribution < -0.4 is 9.64 Å². The number of aliphatic hydroxyl groups excluding tert-OH is 1. The smallest absolute Gasteiger partial charge is 0.310 e. The van der Waals surface area contributed by atoms with Gasteiger partial charge in [0, 0.05) is 5.39 Å². The zero-order chi connectivity index (χ0) is 24.6. The predicted octanol–water partition coefficient (Wildman–Crippen LogP) is 4.62. The third-order valence-electron chi connectivity index (χ3n) is 5.99. The molecule has 0 unspecified atom stereocenters. The Labute approximate surface area is 195 Å². The van der Waals surface area contributed by atoms with E-state index >= 15 is 8.78 Å². The van der Waals surface area contributed by atoms with E-state index in [0.29, 0.717) is 16.7 Å². The number of aliphatic hydroxyl groups is 1. The van der Waals surface area contributed by atoms with Crippen molar-refractivity contribution >= 4 is 28.3 Å². The summed E-state index contributed by atoms with van der Waals surface area (Å²) in [7, 11) is 0. The summed E-state index contributed by atoms with van der Waals surface area (Å²) in [6, 6.07) is 8.37. The van der Waals surface area contributed by atoms with Crippen molar-refractivity contribution in [3.8, 4) is 5.75 Å². The minimum absolute atomic E-state index is 0.0823. The van der Waals surface area contributed by atoms with Crippen molar-refractivity contribution < 1.29 is 33.0 Å². The Morgan fingerprint density at radius 2 is 1.74 bits per heavy atom. The van der Waals surface area contributed by atoms with Crippen LogP contribution in [0.15, 0.2) is 36.4 Å². The molecule has 0 fully saturated rings. The van der Waals surface area contributed by atoms with E-state index in [4.69, 9.17) is 9.47 Å². The first-order chi connectivity index (χ1) is 16.3. The van der Waals surface area contributed by atoms with Crippen molar-refractivity contribution in [1.82, 2.24) is 0 Å². The Bertz CT molecular complexity index is 1270. The van der Waals surface area contributed by atoms with Gasteiger partial charge >= 0.3 is 5.97 Å². The average Bonchev–Trinajstić information content (AvgIpc) is 3.08. The first-order valence-corrected chi connectivity index (χ1v) is 11.1. The van der Waals surface area contributed by atoms with Crippen LogP contribution >= 0.6 is 0 Å². The van der Waals surface area contributed by atoms with Gasteiger partial charge in [0.2, 0.25) is 0 Å². The number of nitrogens with zero attached hydrogens (tertiary/aromatic N) is 1. The molecule has 4 rings (SSSR count). The monoisotopic (exact) mass is 469 g/mol. The maximum absolute atomic E-state index is 15.2. The number of fused-ring (bicyclic) bond motifs is 2. The zero-order valence-electron chi connectivity index (χ0n) is 19.2. The fraction of sp³-hybridized carbons (Fsp3) is 0.308. The van der Waals surface area contributed by atoms with E-state index in [-0.39, 0.29) is 30.8 Å². The first kappa shape index (κ1) is 23.6. The molecular formula is C26H25F2NO5. The molecule has 3 aromatic rings. The van der Waals surface area contributed by atoms with E-state index in [9.17, 15) is 14.7 Å². The number of hydrogen-bond acceptors (Lipinski definition) is 5. The normalized spacial score (nSPS) is 15.1. The number of carbonyl (C=O) groups excluding carboxylic acids is 2. The lowest BCUT2D eigenvalue weighted by molar-refractivity contribution is -0.142. The lowest BCUT2D eigenvalue weighted by Crippen LogP contribution is -2.31. The molecule has 3 aromatic carbocycles. The molecule has 0 bridgehead atoms. The highest BCUT2D eigenvalue weighted by molar-refractivity contribution is 6.17. The standard InChI is InChI=1S/C26H25F2NO5/c1-4-33-21(31)12-15-10-18(27)24(19(28)11-15)29-20(13-30)22-14(3)16-8-6-7-9-17(16)25(34-5-2)23(22)26(29)32/h6-11,20,30H,4-5,12-13H2,1-3H3/t20-/m1/s1. The van der Waals surface area contributed by atoms with Crippen molar-refractivity contribution in [2.45, 2.75) is 33.2 Å². The number of hydrogen-bond donors (Lipinski definition) is 1. The summed E-state index contributed by atoms with van der Waals surface area (Å²) >= 11 is 0. The Hall–Kier alpha value is -3.52. The number of ether oxygens (including phenoxy) is 2. The quantitative estimate of drug-likeness (QED) is 0.511. The number of anilines is 1. The highest BCUT2D eigenvalue weighted by Gasteiger charge is 2.44. The van der Waals surface area contributed by atoms with Gasteiger partial charge in [-0.2, -0.15) is 0 Å². The summed E-state index contributed by atoms with van der Waals surface area (Å²) < 4.78 is 41.2. The van der Waals surface area contributed by atoms with Gasteiger partial charge in [0.1, 0.15) is 23.1 Å². The van der Waals surface area contributed by atoms with E-state index < -0.39 is 41.8 Å². The molecule has 178 valence electrons. The zero-order valence-corrected chi connectivity index (χ0v) is 19.2. The van der Waals surface area contributed by atoms with Gasteiger partial charge in [-0.3, -0.25) is 14.5 Å². The molecule has 1 heterocycles. The third kappa shape index (κ3) is 3.77. The minimum Gasteiger partial charge on any atom is -0.492 e. The molecule has 0 saturated carbocycles. The number of rotatable bonds is 7. The summed E-state index contributed by atoms with van der Waals surface area (Å²) in [4.78, 5) is 26.3. The number of carbonyl (C=O) groups is 2. The van der Waals surface area contributed by atoms with E-state index in [1.54, 1.807) is 13.8 Å². The van der Waals surface area contributed by atoms with Gasteiger partial charge in [-0.25, -0.2) is 8.78 Å². The summed E-state index contributed by atoms with van der Waals surface area (Å²) in [5.74, 6) is -2.99. The topological polar surface area (TPSA) is 76.1 Å². The Kier molecular flexibility index (Phi) is 6.52. The van der Waals surface area contributed by atoms with Crippen LogP contribution in [0.1, 0.15) is 46.9 Å². The fourth-order valence-corrected chi connectivity index (χ4v) is 4.67. The van der Waals surface area contributed by atoms with Gasteiger partial charge in [0.25, 0.3) is 5.91 Å². The van der Waals surface area contributed by atoms with Crippen molar-refractivity contribution in [3.05, 3.63) is 70.3 Å². The van der Waals surface area contributed by atoms with Crippen LogP contribution in [0.3, 0.4) is 0 Å². The molecule has 34 heavy (non-hydrogen) atoms. The Morgan fingerprint density at radius 1 is 1.09 bits per heavy atom. The van der Waals surface area contributed by atoms with E-state index in [2.05, 4.69) is 0 Å². The Morgan fingerprint density at radius 3 is 2.32 bits per heavy atom. The molecule has 0 radical (unpaired) electrons. The molecule has 6 nitrogen and oxygen atoms in total. The number of esters is 1. The van der Waals surface area contributed by atoms with Gasteiger partial charge in [0.15, 0.2) is 0 Å². The number of benzene rings is 3. The van der Waals surface area contributed by atoms with Gasteiger partial charge in [0.05, 0.1) is 37.8 Å². The van der Waals surface area contributed by atoms with Crippen LogP contribution in [-0.4, -0.2) is 36.8 Å². The maximum atomic E-state index is 15.2. The number of aryl methyl sites for hydroxylation is 1. The number of amides is 1. The highest BCUT2D eigenvalue weighted by atomic mass is 19.1. The van der Waals surface area contributed by atoms with Crippen LogP contribution in [0.4, 0.5) is 14.5 Å². The van der Waals surface area contributed by atoms with Gasteiger partial charge in [-0.15, -0.1) is 0 Å². The molecule has 1 N–H and O–H groups in total. The molecule has 0 spiro atoms. The van der Waals surface area contributed by atoms with Crippen LogP contribution in [-0.2, 0) is 16.0 Å². The minimum atomic E-state index is -1.01. The molecule has 0 saturated heterocycles. The van der Waals surface area contributed by atoms with Crippen molar-refractivity contribution in [2.75, 3.05) is 24.7 Å². The van der Waals surface area contributed by atoms with Crippen molar-refractivity contribution in [1.29, 1.82) is 0 Å². The molecular weight excluding hydrogens is 444 g/mol. The lowest BCUT2D eigenvalue weighted by atomic mass is 9.92. The SMILES string of the molecule is CCOC(=O)Cc1cc(F)c(N2C(=O)c3c(c(C)c4ccccc4c3OCC)[C@H]2CO)c(F)c1. The van der Waals surface area contributed by atoms with Crippen molar-refractivity contribution in [2.24, 2.45) is 0 Å². The molecule has 1 amide bonds. The molecule has 0 aromatic heterocycles. The Balaban J connectivity index is 1.88. The summed E-state index contributed by atoms with van der Waals surface area (Å²) in [6.07, 6.45) is -0.307. The molecule has 1 atom stereocenters. The second kappa shape index (κ2) is 9.38. The first-order valence-electron chi connectivity index (χ1n) is 11.1. The van der Waals surface area contributed by atoms with Gasteiger partial charge in [-0.1, -0.05) is 24.3 Å². The van der Waals surface area contributed by atoms with Crippen LogP contribution in [0.2, 0.25) is 0 Å². The van der Waals surface area contributed by atoms with E-state index in [1.807, 2.05) is 31.2 Å². The number of halogens is 2. The van der Waals surface area contributed by atoms with E-state index in [0.717, 1.165) is 28.0 Å². The van der Waals surface area contributed by atoms with Crippen LogP contribution in [0.5, 0.6) is 5.75 Å². The molecule has 8 heteroatoms. The highest BCUT2D eigenvalue weighted by Crippen LogP contribution is 2.48. The second-order valence-corrected chi connectivity index (χ2v) is 7.98. The summed E-state index contributed by atoms with van der Waals surface area (Å²) in [5, 5.41) is 11.8. The van der Waals surface area contributed by atoms with Crippen LogP contribution in [0, 0.1) is 18.6 Å². The molecule has 1 aliphatic rings. The summed E-state index contributed by atoms with van der Waals surface area (Å²) in [5.41, 5.74) is 0.886. The average molecular weight is 469 g/mol. The third-order valence-corrected chi connectivity index (χ3v) is 5.99. The maximum Gasteiger partial charge on any atom is 0.310 e. The second-order valence-electron chi connectivity index (χ2n) is 7.98. The largest absolute Gasteiger partial charge is 0.492 e. The van der Waals surface area contributed by atoms with Gasteiger partial charge in [-0.05, 0) is 55.0 Å².